The minimum Gasteiger partial charge on any atom is -0.370 e. The summed E-state index contributed by atoms with van der Waals surface area (Å²) in [6, 6.07) is 6.09. The highest BCUT2D eigenvalue weighted by molar-refractivity contribution is 5.94. The van der Waals surface area contributed by atoms with Crippen molar-refractivity contribution >= 4 is 5.91 Å². The van der Waals surface area contributed by atoms with Gasteiger partial charge in [0.1, 0.15) is 6.61 Å². The number of halogens is 4. The second kappa shape index (κ2) is 7.09. The van der Waals surface area contributed by atoms with Crippen LogP contribution < -0.4 is 5.32 Å². The summed E-state index contributed by atoms with van der Waals surface area (Å²) in [5, 5.41) is 2.78. The van der Waals surface area contributed by atoms with Crippen LogP contribution >= 0.6 is 0 Å². The molecule has 0 heterocycles. The van der Waals surface area contributed by atoms with E-state index in [1.54, 1.807) is 0 Å². The van der Waals surface area contributed by atoms with Crippen molar-refractivity contribution in [3.63, 3.8) is 0 Å². The summed E-state index contributed by atoms with van der Waals surface area (Å²) < 4.78 is 53.8. The van der Waals surface area contributed by atoms with Crippen LogP contribution in [0.3, 0.4) is 0 Å². The van der Waals surface area contributed by atoms with E-state index in [0.717, 1.165) is 0 Å². The molecular weight excluding hydrogens is 302 g/mol. The highest BCUT2D eigenvalue weighted by Gasteiger charge is 2.40. The summed E-state index contributed by atoms with van der Waals surface area (Å²) in [4.78, 5) is 11.9. The molecule has 1 N–H and O–H groups in total. The van der Waals surface area contributed by atoms with Gasteiger partial charge in [0, 0.05) is 11.1 Å². The monoisotopic (exact) mass is 321 g/mol. The predicted octanol–water partition coefficient (Wildman–Crippen LogP) is 3.63. The molecule has 1 amide bonds. The predicted molar refractivity (Wildman–Crippen MR) is 74.3 cm³/mol. The number of nitrogens with one attached hydrogen (secondary N) is 1. The number of hydrogen-bond acceptors (Lipinski definition) is 2. The Morgan fingerprint density at radius 3 is 2.18 bits per heavy atom. The fourth-order valence-corrected chi connectivity index (χ4v) is 1.53. The molecule has 0 saturated carbocycles. The highest BCUT2D eigenvalue weighted by Crippen LogP contribution is 2.23. The number of carbonyl (C=O) groups excluding carboxylic acids is 1. The van der Waals surface area contributed by atoms with E-state index < -0.39 is 19.0 Å². The highest BCUT2D eigenvalue weighted by atomic mass is 19.3. The molecule has 0 aliphatic rings. The molecule has 1 aromatic rings. The van der Waals surface area contributed by atoms with Crippen molar-refractivity contribution in [1.29, 1.82) is 0 Å². The SMILES string of the molecule is CC(C)(C)NC(=O)c1ccc(COCC(F)(F)C(F)F)cc1. The number of hydrogen-bond donors (Lipinski definition) is 1. The lowest BCUT2D eigenvalue weighted by molar-refractivity contribution is -0.168. The van der Waals surface area contributed by atoms with E-state index >= 15 is 0 Å². The zero-order valence-electron chi connectivity index (χ0n) is 12.6. The first-order valence-electron chi connectivity index (χ1n) is 6.66. The first-order chi connectivity index (χ1) is 10.0. The lowest BCUT2D eigenvalue weighted by atomic mass is 10.1. The number of ether oxygens (including phenoxy) is 1. The molecule has 0 radical (unpaired) electrons. The molecule has 1 rings (SSSR count). The van der Waals surface area contributed by atoms with Crippen LogP contribution in [0.4, 0.5) is 17.6 Å². The van der Waals surface area contributed by atoms with E-state index in [1.165, 1.54) is 24.3 Å². The number of benzene rings is 1. The van der Waals surface area contributed by atoms with Gasteiger partial charge in [-0.2, -0.15) is 8.78 Å². The third kappa shape index (κ3) is 6.01. The fourth-order valence-electron chi connectivity index (χ4n) is 1.53. The lowest BCUT2D eigenvalue weighted by Gasteiger charge is -2.20. The van der Waals surface area contributed by atoms with E-state index in [9.17, 15) is 22.4 Å². The Bertz CT molecular complexity index is 495. The van der Waals surface area contributed by atoms with Gasteiger partial charge in [-0.15, -0.1) is 0 Å². The molecule has 7 heteroatoms. The molecule has 0 aromatic heterocycles. The lowest BCUT2D eigenvalue weighted by Crippen LogP contribution is -2.40. The fraction of sp³-hybridized carbons (Fsp3) is 0.533. The average Bonchev–Trinajstić information content (AvgIpc) is 2.37. The molecule has 0 spiro atoms. The quantitative estimate of drug-likeness (QED) is 0.813. The Balaban J connectivity index is 2.54. The van der Waals surface area contributed by atoms with Gasteiger partial charge in [0.05, 0.1) is 6.61 Å². The molecule has 0 fully saturated rings. The Labute approximate surface area is 126 Å². The zero-order chi connectivity index (χ0) is 17.0. The zero-order valence-corrected chi connectivity index (χ0v) is 12.6. The van der Waals surface area contributed by atoms with Crippen LogP contribution in [0.25, 0.3) is 0 Å². The van der Waals surface area contributed by atoms with Crippen molar-refractivity contribution in [2.45, 2.75) is 45.3 Å². The van der Waals surface area contributed by atoms with E-state index in [4.69, 9.17) is 0 Å². The molecule has 22 heavy (non-hydrogen) atoms. The Morgan fingerprint density at radius 1 is 1.18 bits per heavy atom. The van der Waals surface area contributed by atoms with Gasteiger partial charge < -0.3 is 10.1 Å². The third-order valence-electron chi connectivity index (χ3n) is 2.59. The van der Waals surface area contributed by atoms with Gasteiger partial charge in [0.25, 0.3) is 5.91 Å². The van der Waals surface area contributed by atoms with Gasteiger partial charge in [-0.1, -0.05) is 12.1 Å². The molecule has 3 nitrogen and oxygen atoms in total. The van der Waals surface area contributed by atoms with Crippen LogP contribution in [0.2, 0.25) is 0 Å². The summed E-state index contributed by atoms with van der Waals surface area (Å²) in [6.07, 6.45) is -3.75. The molecule has 0 saturated heterocycles. The average molecular weight is 321 g/mol. The standard InChI is InChI=1S/C15H19F4NO2/c1-14(2,3)20-12(21)11-6-4-10(5-7-11)8-22-9-15(18,19)13(16)17/h4-7,13H,8-9H2,1-3H3,(H,20,21). The molecule has 124 valence electrons. The molecule has 1 aromatic carbocycles. The maximum absolute atomic E-state index is 12.6. The smallest absolute Gasteiger partial charge is 0.330 e. The van der Waals surface area contributed by atoms with E-state index in [1.807, 2.05) is 20.8 Å². The van der Waals surface area contributed by atoms with Gasteiger partial charge in [-0.05, 0) is 38.5 Å². The summed E-state index contributed by atoms with van der Waals surface area (Å²) in [6.45, 7) is 3.95. The Kier molecular flexibility index (Phi) is 5.93. The second-order valence-electron chi connectivity index (χ2n) is 5.96. The topological polar surface area (TPSA) is 38.3 Å². The van der Waals surface area contributed by atoms with Crippen molar-refractivity contribution in [3.8, 4) is 0 Å². The minimum absolute atomic E-state index is 0.233. The molecule has 0 atom stereocenters. The summed E-state index contributed by atoms with van der Waals surface area (Å²) in [5.41, 5.74) is 0.550. The van der Waals surface area contributed by atoms with Crippen LogP contribution in [-0.2, 0) is 11.3 Å². The summed E-state index contributed by atoms with van der Waals surface area (Å²) >= 11 is 0. The van der Waals surface area contributed by atoms with Crippen LogP contribution in [0, 0.1) is 0 Å². The number of alkyl halides is 4. The van der Waals surface area contributed by atoms with E-state index in [-0.39, 0.29) is 18.1 Å². The number of rotatable bonds is 6. The Hall–Kier alpha value is -1.63. The maximum atomic E-state index is 12.6. The third-order valence-corrected chi connectivity index (χ3v) is 2.59. The largest absolute Gasteiger partial charge is 0.370 e. The number of amides is 1. The summed E-state index contributed by atoms with van der Waals surface area (Å²) in [7, 11) is 0. The van der Waals surface area contributed by atoms with Crippen LogP contribution in [0.5, 0.6) is 0 Å². The molecule has 0 bridgehead atoms. The van der Waals surface area contributed by atoms with E-state index in [0.29, 0.717) is 11.1 Å². The first kappa shape index (κ1) is 18.4. The normalized spacial score (nSPS) is 12.5. The van der Waals surface area contributed by atoms with Crippen molar-refractivity contribution in [2.24, 2.45) is 0 Å². The molecular formula is C15H19F4NO2. The molecule has 0 aliphatic carbocycles. The maximum Gasteiger partial charge on any atom is 0.330 e. The van der Waals surface area contributed by atoms with Gasteiger partial charge in [0.2, 0.25) is 0 Å². The van der Waals surface area contributed by atoms with E-state index in [2.05, 4.69) is 10.1 Å². The summed E-state index contributed by atoms with van der Waals surface area (Å²) in [5.74, 6) is -4.42. The van der Waals surface area contributed by atoms with Gasteiger partial charge >= 0.3 is 12.3 Å². The van der Waals surface area contributed by atoms with Crippen LogP contribution in [0.1, 0.15) is 36.7 Å². The van der Waals surface area contributed by atoms with Crippen molar-refractivity contribution in [3.05, 3.63) is 35.4 Å². The first-order valence-corrected chi connectivity index (χ1v) is 6.66. The Morgan fingerprint density at radius 2 is 1.73 bits per heavy atom. The second-order valence-corrected chi connectivity index (χ2v) is 5.96. The van der Waals surface area contributed by atoms with Crippen molar-refractivity contribution < 1.29 is 27.1 Å². The van der Waals surface area contributed by atoms with Crippen LogP contribution in [-0.4, -0.2) is 30.4 Å². The van der Waals surface area contributed by atoms with Gasteiger partial charge in [-0.3, -0.25) is 4.79 Å². The van der Waals surface area contributed by atoms with Crippen molar-refractivity contribution in [2.75, 3.05) is 6.61 Å². The van der Waals surface area contributed by atoms with Crippen molar-refractivity contribution in [1.82, 2.24) is 5.32 Å². The molecule has 0 aliphatic heterocycles. The molecule has 0 unspecified atom stereocenters. The van der Waals surface area contributed by atoms with Crippen LogP contribution in [0.15, 0.2) is 24.3 Å². The minimum atomic E-state index is -4.16. The van der Waals surface area contributed by atoms with Gasteiger partial charge in [0.15, 0.2) is 0 Å². The van der Waals surface area contributed by atoms with Gasteiger partial charge in [-0.25, -0.2) is 8.78 Å². The number of carbonyl (C=O) groups is 1.